The summed E-state index contributed by atoms with van der Waals surface area (Å²) in [6, 6.07) is 6.57. The van der Waals surface area contributed by atoms with Crippen LogP contribution in [0.5, 0.6) is 0 Å². The predicted octanol–water partition coefficient (Wildman–Crippen LogP) is 1.41. The van der Waals surface area contributed by atoms with E-state index < -0.39 is 9.84 Å². The molecule has 0 unspecified atom stereocenters. The van der Waals surface area contributed by atoms with Crippen LogP contribution < -0.4 is 5.32 Å². The van der Waals surface area contributed by atoms with Gasteiger partial charge in [0.05, 0.1) is 11.3 Å². The summed E-state index contributed by atoms with van der Waals surface area (Å²) in [4.78, 5) is 11.8. The van der Waals surface area contributed by atoms with Crippen molar-refractivity contribution in [1.29, 1.82) is 0 Å². The molecule has 0 radical (unpaired) electrons. The highest BCUT2D eigenvalue weighted by molar-refractivity contribution is 7.90. The second-order valence-electron chi connectivity index (χ2n) is 5.36. The first-order valence-corrected chi connectivity index (χ1v) is 8.73. The lowest BCUT2D eigenvalue weighted by Crippen LogP contribution is -2.13. The number of rotatable bonds is 5. The van der Waals surface area contributed by atoms with Gasteiger partial charge in [-0.1, -0.05) is 17.2 Å². The molecule has 22 heavy (non-hydrogen) atoms. The van der Waals surface area contributed by atoms with Crippen LogP contribution in [-0.4, -0.2) is 30.8 Å². The van der Waals surface area contributed by atoms with Crippen LogP contribution >= 0.6 is 0 Å². The highest BCUT2D eigenvalue weighted by atomic mass is 32.2. The van der Waals surface area contributed by atoms with Gasteiger partial charge >= 0.3 is 6.01 Å². The van der Waals surface area contributed by atoms with Gasteiger partial charge in [-0.05, 0) is 30.5 Å². The maximum absolute atomic E-state index is 11.6. The lowest BCUT2D eigenvalue weighted by Gasteiger charge is -2.00. The average molecular weight is 321 g/mol. The van der Waals surface area contributed by atoms with Gasteiger partial charge in [0.1, 0.15) is 0 Å². The van der Waals surface area contributed by atoms with Crippen LogP contribution in [0, 0.1) is 5.92 Å². The zero-order chi connectivity index (χ0) is 15.7. The number of nitrogens with zero attached hydrogens (tertiary/aromatic N) is 2. The third-order valence-electron chi connectivity index (χ3n) is 3.35. The molecule has 116 valence electrons. The summed E-state index contributed by atoms with van der Waals surface area (Å²) in [6.45, 7) is 0. The Labute approximate surface area is 127 Å². The number of carbonyl (C=O) groups excluding carboxylic acids is 1. The Morgan fingerprint density at radius 1 is 1.27 bits per heavy atom. The second kappa shape index (κ2) is 5.53. The molecule has 1 saturated carbocycles. The highest BCUT2D eigenvalue weighted by Gasteiger charge is 2.30. The van der Waals surface area contributed by atoms with Crippen molar-refractivity contribution < 1.29 is 17.6 Å². The van der Waals surface area contributed by atoms with E-state index in [-0.39, 0.29) is 22.7 Å². The summed E-state index contributed by atoms with van der Waals surface area (Å²) in [5, 5.41) is 10.2. The van der Waals surface area contributed by atoms with Crippen molar-refractivity contribution in [3.05, 3.63) is 35.7 Å². The van der Waals surface area contributed by atoms with Crippen LogP contribution in [0.4, 0.5) is 6.01 Å². The van der Waals surface area contributed by atoms with Gasteiger partial charge in [-0.25, -0.2) is 8.42 Å². The van der Waals surface area contributed by atoms with Gasteiger partial charge in [-0.2, -0.15) is 0 Å². The van der Waals surface area contributed by atoms with Crippen molar-refractivity contribution in [1.82, 2.24) is 10.2 Å². The first-order chi connectivity index (χ1) is 10.4. The molecule has 0 bridgehead atoms. The van der Waals surface area contributed by atoms with Gasteiger partial charge in [0.15, 0.2) is 9.84 Å². The van der Waals surface area contributed by atoms with Crippen molar-refractivity contribution in [3.63, 3.8) is 0 Å². The molecule has 0 saturated heterocycles. The molecule has 1 amide bonds. The number of carbonyl (C=O) groups is 1. The van der Waals surface area contributed by atoms with Gasteiger partial charge in [0, 0.05) is 12.2 Å². The van der Waals surface area contributed by atoms with E-state index in [1.54, 1.807) is 12.1 Å². The molecule has 1 heterocycles. The number of benzene rings is 1. The fourth-order valence-corrected chi connectivity index (χ4v) is 2.59. The van der Waals surface area contributed by atoms with Crippen LogP contribution in [0.2, 0.25) is 0 Å². The van der Waals surface area contributed by atoms with Gasteiger partial charge in [-0.15, -0.1) is 5.10 Å². The number of sulfone groups is 1. The van der Waals surface area contributed by atoms with Gasteiger partial charge in [-0.3, -0.25) is 10.1 Å². The first kappa shape index (κ1) is 14.7. The highest BCUT2D eigenvalue weighted by Crippen LogP contribution is 2.30. The van der Waals surface area contributed by atoms with Gasteiger partial charge in [0.2, 0.25) is 11.8 Å². The van der Waals surface area contributed by atoms with Crippen molar-refractivity contribution in [2.45, 2.75) is 24.2 Å². The molecule has 2 aromatic rings. The number of anilines is 1. The van der Waals surface area contributed by atoms with E-state index in [1.165, 1.54) is 12.1 Å². The Balaban J connectivity index is 1.65. The van der Waals surface area contributed by atoms with Crippen molar-refractivity contribution in [3.8, 4) is 0 Å². The topological polar surface area (TPSA) is 102 Å². The van der Waals surface area contributed by atoms with E-state index in [0.717, 1.165) is 24.7 Å². The molecule has 0 spiro atoms. The molecule has 1 aliphatic rings. The molecule has 1 aliphatic carbocycles. The maximum Gasteiger partial charge on any atom is 0.322 e. The fourth-order valence-electron chi connectivity index (χ4n) is 1.96. The molecule has 7 nitrogen and oxygen atoms in total. The van der Waals surface area contributed by atoms with Crippen molar-refractivity contribution >= 4 is 21.8 Å². The van der Waals surface area contributed by atoms with E-state index in [4.69, 9.17) is 4.42 Å². The maximum atomic E-state index is 11.6. The summed E-state index contributed by atoms with van der Waals surface area (Å²) in [5.41, 5.74) is 0.844. The minimum atomic E-state index is -3.20. The van der Waals surface area contributed by atoms with E-state index in [9.17, 15) is 13.2 Å². The SMILES string of the molecule is CS(=O)(=O)c1ccc(Cc2nnc(NC(=O)C3CC3)o2)cc1. The molecular weight excluding hydrogens is 306 g/mol. The zero-order valence-corrected chi connectivity index (χ0v) is 12.8. The molecule has 1 fully saturated rings. The van der Waals surface area contributed by atoms with E-state index in [1.807, 2.05) is 0 Å². The monoisotopic (exact) mass is 321 g/mol. The minimum Gasteiger partial charge on any atom is -0.407 e. The van der Waals surface area contributed by atoms with E-state index in [2.05, 4.69) is 15.5 Å². The average Bonchev–Trinajstić information content (AvgIpc) is 3.22. The molecular formula is C14H15N3O4S. The zero-order valence-electron chi connectivity index (χ0n) is 11.9. The Kier molecular flexibility index (Phi) is 3.69. The number of nitrogens with one attached hydrogen (secondary N) is 1. The van der Waals surface area contributed by atoms with Crippen LogP contribution in [0.3, 0.4) is 0 Å². The van der Waals surface area contributed by atoms with Crippen LogP contribution in [0.1, 0.15) is 24.3 Å². The molecule has 1 N–H and O–H groups in total. The number of amides is 1. The number of aromatic nitrogens is 2. The Morgan fingerprint density at radius 2 is 1.95 bits per heavy atom. The van der Waals surface area contributed by atoms with Gasteiger partial charge < -0.3 is 4.42 Å². The van der Waals surface area contributed by atoms with Crippen LogP contribution in [0.15, 0.2) is 33.6 Å². The Morgan fingerprint density at radius 3 is 2.55 bits per heavy atom. The Hall–Kier alpha value is -2.22. The second-order valence-corrected chi connectivity index (χ2v) is 7.37. The van der Waals surface area contributed by atoms with E-state index in [0.29, 0.717) is 12.3 Å². The van der Waals surface area contributed by atoms with Gasteiger partial charge in [0.25, 0.3) is 0 Å². The van der Waals surface area contributed by atoms with Crippen molar-refractivity contribution in [2.75, 3.05) is 11.6 Å². The molecule has 1 aromatic carbocycles. The summed E-state index contributed by atoms with van der Waals surface area (Å²) >= 11 is 0. The molecule has 0 aliphatic heterocycles. The first-order valence-electron chi connectivity index (χ1n) is 6.84. The summed E-state index contributed by atoms with van der Waals surface area (Å²) < 4.78 is 28.1. The minimum absolute atomic E-state index is 0.0684. The van der Waals surface area contributed by atoms with Crippen molar-refractivity contribution in [2.24, 2.45) is 5.92 Å². The largest absolute Gasteiger partial charge is 0.407 e. The summed E-state index contributed by atoms with van der Waals surface area (Å²) in [7, 11) is -3.20. The third-order valence-corrected chi connectivity index (χ3v) is 4.48. The third kappa shape index (κ3) is 3.51. The van der Waals surface area contributed by atoms with Crippen LogP contribution in [0.25, 0.3) is 0 Å². The molecule has 8 heteroatoms. The smallest absolute Gasteiger partial charge is 0.322 e. The summed E-state index contributed by atoms with van der Waals surface area (Å²) in [6.07, 6.45) is 3.34. The normalized spacial score (nSPS) is 14.8. The Bertz CT molecular complexity index is 792. The quantitative estimate of drug-likeness (QED) is 0.893. The number of hydrogen-bond donors (Lipinski definition) is 1. The number of hydrogen-bond acceptors (Lipinski definition) is 6. The standard InChI is InChI=1S/C14H15N3O4S/c1-22(19,20)11-6-2-9(3-7-11)8-12-16-17-14(21-12)15-13(18)10-4-5-10/h2-3,6-7,10H,4-5,8H2,1H3,(H,15,17,18). The lowest BCUT2D eigenvalue weighted by molar-refractivity contribution is -0.117. The van der Waals surface area contributed by atoms with Crippen LogP contribution in [-0.2, 0) is 21.1 Å². The predicted molar refractivity (Wildman–Crippen MR) is 78.0 cm³/mol. The molecule has 3 rings (SSSR count). The molecule has 1 aromatic heterocycles. The lowest BCUT2D eigenvalue weighted by atomic mass is 10.1. The summed E-state index contributed by atoms with van der Waals surface area (Å²) in [5.74, 6) is 0.338. The fraction of sp³-hybridized carbons (Fsp3) is 0.357. The van der Waals surface area contributed by atoms with E-state index >= 15 is 0 Å². The molecule has 0 atom stereocenters.